The lowest BCUT2D eigenvalue weighted by atomic mass is 10.1. The number of carbonyl (C=O) groups excluding carboxylic acids is 2. The lowest BCUT2D eigenvalue weighted by molar-refractivity contribution is 0.0194. The Hall–Kier alpha value is -3.04. The number of nitrogens with two attached hydrogens (primary N) is 2. The van der Waals surface area contributed by atoms with Crippen molar-refractivity contribution >= 4 is 23.9 Å². The van der Waals surface area contributed by atoms with Crippen LogP contribution in [0.1, 0.15) is 94.9 Å². The van der Waals surface area contributed by atoms with Crippen LogP contribution in [0.2, 0.25) is 0 Å². The van der Waals surface area contributed by atoms with Crippen molar-refractivity contribution in [3.63, 3.8) is 0 Å². The highest BCUT2D eigenvalue weighted by atomic mass is 16.6. The van der Waals surface area contributed by atoms with Crippen LogP contribution in [-0.4, -0.2) is 74.7 Å². The summed E-state index contributed by atoms with van der Waals surface area (Å²) < 4.78 is 11.3. The van der Waals surface area contributed by atoms with Gasteiger partial charge in [0.2, 0.25) is 0 Å². The van der Waals surface area contributed by atoms with Crippen molar-refractivity contribution in [2.75, 3.05) is 0 Å². The summed E-state index contributed by atoms with van der Waals surface area (Å²) in [5, 5.41) is 0. The van der Waals surface area contributed by atoms with E-state index < -0.39 is 41.1 Å². The molecule has 39 heavy (non-hydrogen) atoms. The number of amidine groups is 2. The molecule has 220 valence electrons. The Bertz CT molecular complexity index is 954. The number of rotatable bonds is 6. The van der Waals surface area contributed by atoms with Gasteiger partial charge < -0.3 is 20.9 Å². The van der Waals surface area contributed by atoms with Crippen LogP contribution in [0, 0.1) is 0 Å². The van der Waals surface area contributed by atoms with E-state index in [1.54, 1.807) is 22.8 Å². The largest absolute Gasteiger partial charge is 0.444 e. The molecule has 0 aromatic heterocycles. The molecule has 10 nitrogen and oxygen atoms in total. The molecule has 2 saturated heterocycles. The Morgan fingerprint density at radius 1 is 0.795 bits per heavy atom. The number of likely N-dealkylation sites (tertiary alicyclic amines) is 2. The molecule has 4 N–H and O–H groups in total. The summed E-state index contributed by atoms with van der Waals surface area (Å²) in [7, 11) is 0. The van der Waals surface area contributed by atoms with Gasteiger partial charge in [-0.1, -0.05) is 18.2 Å². The van der Waals surface area contributed by atoms with Crippen molar-refractivity contribution in [3.8, 4) is 0 Å². The fourth-order valence-corrected chi connectivity index (χ4v) is 5.04. The number of ether oxygens (including phenoxy) is 2. The highest BCUT2D eigenvalue weighted by Crippen LogP contribution is 2.30. The van der Waals surface area contributed by atoms with Gasteiger partial charge in [0, 0.05) is 12.1 Å². The summed E-state index contributed by atoms with van der Waals surface area (Å²) in [6.07, 6.45) is 5.53. The minimum absolute atomic E-state index is 0.0498. The molecule has 0 unspecified atom stereocenters. The summed E-state index contributed by atoms with van der Waals surface area (Å²) in [6, 6.07) is -0.974. The highest BCUT2D eigenvalue weighted by molar-refractivity contribution is 5.92. The molecule has 2 heterocycles. The molecular weight excluding hydrogens is 496 g/mol. The maximum absolute atomic E-state index is 13.0. The summed E-state index contributed by atoms with van der Waals surface area (Å²) in [5.41, 5.74) is 11.5. The fraction of sp³-hybridized carbons (Fsp3) is 0.724. The lowest BCUT2D eigenvalue weighted by Crippen LogP contribution is -2.50. The molecule has 0 aromatic rings. The third-order valence-corrected chi connectivity index (χ3v) is 6.76. The van der Waals surface area contributed by atoms with Crippen LogP contribution in [0.4, 0.5) is 9.59 Å². The van der Waals surface area contributed by atoms with Crippen molar-refractivity contribution in [1.29, 1.82) is 0 Å². The second-order valence-corrected chi connectivity index (χ2v) is 12.9. The first-order valence-corrected chi connectivity index (χ1v) is 13.8. The third kappa shape index (κ3) is 8.73. The van der Waals surface area contributed by atoms with E-state index in [0.29, 0.717) is 12.8 Å². The first-order chi connectivity index (χ1) is 17.8. The van der Waals surface area contributed by atoms with Gasteiger partial charge in [-0.15, -0.1) is 0 Å². The van der Waals surface area contributed by atoms with Crippen LogP contribution < -0.4 is 11.5 Å². The summed E-state index contributed by atoms with van der Waals surface area (Å²) >= 11 is 0. The number of hydrogen-bond donors (Lipinski definition) is 2. The maximum Gasteiger partial charge on any atom is 0.411 e. The SMILES string of the molecule is C=CC(C)=CC(C)(/N=C(\N)[C@@H]1CC[C@H](C)N1C(=O)OC(C)(C)C)/N=C(\N)[C@@H]1CC[C@H](C)N1C(=O)OC(C)(C)C. The van der Waals surface area contributed by atoms with E-state index in [0.717, 1.165) is 18.4 Å². The van der Waals surface area contributed by atoms with Gasteiger partial charge in [-0.2, -0.15) is 0 Å². The molecule has 0 radical (unpaired) electrons. The van der Waals surface area contributed by atoms with Crippen molar-refractivity contribution in [3.05, 3.63) is 24.3 Å². The predicted octanol–water partition coefficient (Wildman–Crippen LogP) is 5.13. The fourth-order valence-electron chi connectivity index (χ4n) is 5.04. The van der Waals surface area contributed by atoms with Crippen LogP contribution in [0.25, 0.3) is 0 Å². The maximum atomic E-state index is 13.0. The molecule has 0 bridgehead atoms. The van der Waals surface area contributed by atoms with Crippen molar-refractivity contribution in [2.24, 2.45) is 21.5 Å². The van der Waals surface area contributed by atoms with Crippen LogP contribution in [0.3, 0.4) is 0 Å². The first-order valence-electron chi connectivity index (χ1n) is 13.8. The van der Waals surface area contributed by atoms with Gasteiger partial charge in [0.1, 0.15) is 22.9 Å². The number of aliphatic imine (C=N–C) groups is 2. The summed E-state index contributed by atoms with van der Waals surface area (Å²) in [6.45, 7) is 22.5. The van der Waals surface area contributed by atoms with E-state index >= 15 is 0 Å². The molecule has 4 atom stereocenters. The van der Waals surface area contributed by atoms with E-state index in [-0.39, 0.29) is 23.8 Å². The van der Waals surface area contributed by atoms with Gasteiger partial charge in [0.25, 0.3) is 0 Å². The van der Waals surface area contributed by atoms with E-state index in [1.165, 1.54) is 0 Å². The Morgan fingerprint density at radius 2 is 1.15 bits per heavy atom. The predicted molar refractivity (Wildman–Crippen MR) is 157 cm³/mol. The zero-order valence-corrected chi connectivity index (χ0v) is 25.6. The van der Waals surface area contributed by atoms with E-state index in [2.05, 4.69) is 6.58 Å². The third-order valence-electron chi connectivity index (χ3n) is 6.76. The molecular formula is C29H50N6O4. The molecule has 2 fully saturated rings. The highest BCUT2D eigenvalue weighted by Gasteiger charge is 2.42. The summed E-state index contributed by atoms with van der Waals surface area (Å²) in [4.78, 5) is 39.0. The quantitative estimate of drug-likeness (QED) is 0.269. The summed E-state index contributed by atoms with van der Waals surface area (Å²) in [5.74, 6) is 0.530. The van der Waals surface area contributed by atoms with Gasteiger partial charge in [0.05, 0.1) is 12.1 Å². The van der Waals surface area contributed by atoms with E-state index in [9.17, 15) is 9.59 Å². The Labute approximate surface area is 234 Å². The molecule has 0 spiro atoms. The van der Waals surface area contributed by atoms with Crippen LogP contribution in [-0.2, 0) is 9.47 Å². The van der Waals surface area contributed by atoms with Crippen molar-refractivity contribution in [2.45, 2.75) is 136 Å². The second kappa shape index (κ2) is 12.0. The number of carbonyl (C=O) groups is 2. The molecule has 2 amide bonds. The molecule has 0 saturated carbocycles. The van der Waals surface area contributed by atoms with Crippen molar-refractivity contribution < 1.29 is 19.1 Å². The van der Waals surface area contributed by atoms with Gasteiger partial charge in [-0.05, 0) is 101 Å². The molecule has 2 aliphatic rings. The minimum atomic E-state index is -1.19. The zero-order valence-electron chi connectivity index (χ0n) is 25.6. The van der Waals surface area contributed by atoms with Gasteiger partial charge in [-0.25, -0.2) is 19.6 Å². The number of amides is 2. The van der Waals surface area contributed by atoms with Crippen LogP contribution >= 0.6 is 0 Å². The number of nitrogens with zero attached hydrogens (tertiary/aromatic N) is 4. The van der Waals surface area contributed by atoms with Gasteiger partial charge in [0.15, 0.2) is 5.66 Å². The topological polar surface area (TPSA) is 136 Å². The molecule has 0 aromatic carbocycles. The van der Waals surface area contributed by atoms with Gasteiger partial charge in [-0.3, -0.25) is 9.80 Å². The van der Waals surface area contributed by atoms with Gasteiger partial charge >= 0.3 is 12.2 Å². The van der Waals surface area contributed by atoms with Crippen molar-refractivity contribution in [1.82, 2.24) is 9.80 Å². The number of hydrogen-bond acceptors (Lipinski definition) is 6. The molecule has 2 aliphatic heterocycles. The number of allylic oxidation sites excluding steroid dienone is 2. The second-order valence-electron chi connectivity index (χ2n) is 12.9. The lowest BCUT2D eigenvalue weighted by Gasteiger charge is -2.33. The minimum Gasteiger partial charge on any atom is -0.444 e. The molecule has 0 aliphatic carbocycles. The molecule has 2 rings (SSSR count). The van der Waals surface area contributed by atoms with Crippen LogP contribution in [0.15, 0.2) is 34.3 Å². The monoisotopic (exact) mass is 546 g/mol. The molecule has 10 heteroatoms. The normalized spacial score (nSPS) is 25.6. The zero-order chi connectivity index (χ0) is 29.9. The first kappa shape index (κ1) is 32.2. The Morgan fingerprint density at radius 3 is 1.46 bits per heavy atom. The van der Waals surface area contributed by atoms with Crippen LogP contribution in [0.5, 0.6) is 0 Å². The Balaban J connectivity index is 2.47. The Kier molecular flexibility index (Phi) is 9.90. The average Bonchev–Trinajstić information content (AvgIpc) is 3.33. The average molecular weight is 547 g/mol. The van der Waals surface area contributed by atoms with E-state index in [1.807, 2.05) is 68.4 Å². The van der Waals surface area contributed by atoms with E-state index in [4.69, 9.17) is 30.9 Å². The standard InChI is InChI=1S/C29H50N6O4/c1-12-18(2)17-29(11,32-23(30)21-15-13-19(3)34(21)25(36)38-27(5,6)7)33-24(31)22-16-14-20(4)35(22)26(37)39-28(8,9)10/h12,17,19-22H,1,13-16H2,2-11H3,(H2,30,32)(H2,31,33)/t19-,20-,21-,22-/m0/s1. The smallest absolute Gasteiger partial charge is 0.411 e.